The molecule has 0 aliphatic carbocycles. The maximum atomic E-state index is 12.0. The first-order valence-electron chi connectivity index (χ1n) is 6.45. The highest BCUT2D eigenvalue weighted by atomic mass is 32.2. The van der Waals surface area contributed by atoms with E-state index in [1.807, 2.05) is 0 Å². The Morgan fingerprint density at radius 1 is 1.26 bits per heavy atom. The highest BCUT2D eigenvalue weighted by Gasteiger charge is 2.13. The van der Waals surface area contributed by atoms with Gasteiger partial charge in [-0.15, -0.1) is 0 Å². The summed E-state index contributed by atoms with van der Waals surface area (Å²) in [7, 11) is -3.28. The number of amides is 1. The molecule has 4 nitrogen and oxygen atoms in total. The summed E-state index contributed by atoms with van der Waals surface area (Å²) in [4.78, 5) is 12.2. The van der Waals surface area contributed by atoms with E-state index in [2.05, 4.69) is 12.2 Å². The lowest BCUT2D eigenvalue weighted by molar-refractivity contribution is 0.0952. The fraction of sp³-hybridized carbons (Fsp3) is 0.500. The van der Waals surface area contributed by atoms with Crippen molar-refractivity contribution >= 4 is 15.7 Å². The van der Waals surface area contributed by atoms with Gasteiger partial charge in [0, 0.05) is 18.4 Å². The van der Waals surface area contributed by atoms with Gasteiger partial charge in [-0.05, 0) is 31.0 Å². The maximum Gasteiger partial charge on any atom is 0.251 e. The zero-order valence-corrected chi connectivity index (χ0v) is 12.5. The molecule has 0 saturated heterocycles. The van der Waals surface area contributed by atoms with Gasteiger partial charge in [0.05, 0.1) is 4.90 Å². The van der Waals surface area contributed by atoms with Crippen molar-refractivity contribution in [1.82, 2.24) is 5.32 Å². The SMILES string of the molecule is CCCCCNC(=O)c1cc(S(C)(=O)=O)ccc1C. The van der Waals surface area contributed by atoms with Gasteiger partial charge >= 0.3 is 0 Å². The Labute approximate surface area is 115 Å². The van der Waals surface area contributed by atoms with Crippen LogP contribution in [0.4, 0.5) is 0 Å². The molecule has 5 heteroatoms. The standard InChI is InChI=1S/C14H21NO3S/c1-4-5-6-9-15-14(16)13-10-12(19(3,17)18)8-7-11(13)2/h7-8,10H,4-6,9H2,1-3H3,(H,15,16). The highest BCUT2D eigenvalue weighted by molar-refractivity contribution is 7.90. The van der Waals surface area contributed by atoms with Crippen LogP contribution in [0.1, 0.15) is 42.1 Å². The number of benzene rings is 1. The fourth-order valence-corrected chi connectivity index (χ4v) is 2.40. The minimum Gasteiger partial charge on any atom is -0.352 e. The Kier molecular flexibility index (Phi) is 5.54. The molecule has 1 rings (SSSR count). The quantitative estimate of drug-likeness (QED) is 0.815. The second kappa shape index (κ2) is 6.70. The number of hydrogen-bond donors (Lipinski definition) is 1. The van der Waals surface area contributed by atoms with Crippen molar-refractivity contribution in [3.05, 3.63) is 29.3 Å². The number of carbonyl (C=O) groups is 1. The average Bonchev–Trinajstić information content (AvgIpc) is 2.33. The Balaban J connectivity index is 2.84. The first-order chi connectivity index (χ1) is 8.86. The van der Waals surface area contributed by atoms with Crippen LogP contribution in [0, 0.1) is 6.92 Å². The van der Waals surface area contributed by atoms with Crippen LogP contribution in [0.25, 0.3) is 0 Å². The van der Waals surface area contributed by atoms with Crippen molar-refractivity contribution in [1.29, 1.82) is 0 Å². The van der Waals surface area contributed by atoms with E-state index in [0.717, 1.165) is 31.1 Å². The van der Waals surface area contributed by atoms with Gasteiger partial charge in [0.15, 0.2) is 9.84 Å². The molecule has 0 heterocycles. The first-order valence-corrected chi connectivity index (χ1v) is 8.34. The Morgan fingerprint density at radius 2 is 1.95 bits per heavy atom. The normalized spacial score (nSPS) is 11.3. The molecule has 0 unspecified atom stereocenters. The largest absolute Gasteiger partial charge is 0.352 e. The number of rotatable bonds is 6. The molecule has 0 aliphatic rings. The van der Waals surface area contributed by atoms with E-state index in [4.69, 9.17) is 0 Å². The molecule has 1 amide bonds. The highest BCUT2D eigenvalue weighted by Crippen LogP contribution is 2.15. The van der Waals surface area contributed by atoms with Gasteiger partial charge in [-0.25, -0.2) is 8.42 Å². The second-order valence-corrected chi connectivity index (χ2v) is 6.73. The third-order valence-corrected chi connectivity index (χ3v) is 4.06. The predicted molar refractivity (Wildman–Crippen MR) is 76.1 cm³/mol. The van der Waals surface area contributed by atoms with Gasteiger partial charge in [-0.1, -0.05) is 25.8 Å². The topological polar surface area (TPSA) is 63.2 Å². The summed E-state index contributed by atoms with van der Waals surface area (Å²) in [6.45, 7) is 4.52. The minimum atomic E-state index is -3.28. The maximum absolute atomic E-state index is 12.0. The molecule has 106 valence electrons. The molecule has 0 radical (unpaired) electrons. The van der Waals surface area contributed by atoms with Crippen LogP contribution in [0.5, 0.6) is 0 Å². The van der Waals surface area contributed by atoms with Gasteiger partial charge in [-0.3, -0.25) is 4.79 Å². The molecule has 19 heavy (non-hydrogen) atoms. The van der Waals surface area contributed by atoms with Crippen molar-refractivity contribution in [2.75, 3.05) is 12.8 Å². The summed E-state index contributed by atoms with van der Waals surface area (Å²) in [5, 5.41) is 2.82. The average molecular weight is 283 g/mol. The summed E-state index contributed by atoms with van der Waals surface area (Å²) in [5.41, 5.74) is 1.21. The molecule has 0 spiro atoms. The predicted octanol–water partition coefficient (Wildman–Crippen LogP) is 2.32. The summed E-state index contributed by atoms with van der Waals surface area (Å²) in [5.74, 6) is -0.209. The summed E-state index contributed by atoms with van der Waals surface area (Å²) in [6.07, 6.45) is 4.24. The fourth-order valence-electron chi connectivity index (χ4n) is 1.75. The summed E-state index contributed by atoms with van der Waals surface area (Å²) in [6, 6.07) is 4.63. The van der Waals surface area contributed by atoms with Crippen molar-refractivity contribution in [3.8, 4) is 0 Å². The Morgan fingerprint density at radius 3 is 2.53 bits per heavy atom. The Hall–Kier alpha value is -1.36. The lowest BCUT2D eigenvalue weighted by Crippen LogP contribution is -2.25. The van der Waals surface area contributed by atoms with Crippen LogP contribution in [-0.2, 0) is 9.84 Å². The number of nitrogens with one attached hydrogen (secondary N) is 1. The zero-order valence-electron chi connectivity index (χ0n) is 11.7. The molecule has 0 aromatic heterocycles. The van der Waals surface area contributed by atoms with Crippen LogP contribution >= 0.6 is 0 Å². The van der Waals surface area contributed by atoms with Crippen molar-refractivity contribution in [3.63, 3.8) is 0 Å². The summed E-state index contributed by atoms with van der Waals surface area (Å²) >= 11 is 0. The molecule has 0 fully saturated rings. The van der Waals surface area contributed by atoms with Crippen LogP contribution in [-0.4, -0.2) is 27.1 Å². The van der Waals surface area contributed by atoms with Crippen LogP contribution < -0.4 is 5.32 Å². The van der Waals surface area contributed by atoms with E-state index in [9.17, 15) is 13.2 Å². The first kappa shape index (κ1) is 15.7. The molecule has 1 aromatic rings. The third-order valence-electron chi connectivity index (χ3n) is 2.95. The molecule has 1 aromatic carbocycles. The Bertz CT molecular complexity index is 550. The third kappa shape index (κ3) is 4.67. The molecule has 0 aliphatic heterocycles. The van der Waals surface area contributed by atoms with E-state index in [0.29, 0.717) is 12.1 Å². The van der Waals surface area contributed by atoms with E-state index < -0.39 is 9.84 Å². The van der Waals surface area contributed by atoms with Gasteiger partial charge < -0.3 is 5.32 Å². The van der Waals surface area contributed by atoms with Crippen LogP contribution in [0.15, 0.2) is 23.1 Å². The minimum absolute atomic E-state index is 0.178. The number of sulfone groups is 1. The second-order valence-electron chi connectivity index (χ2n) is 4.71. The number of carbonyl (C=O) groups excluding carboxylic acids is 1. The molecular weight excluding hydrogens is 262 g/mol. The van der Waals surface area contributed by atoms with Crippen LogP contribution in [0.3, 0.4) is 0 Å². The van der Waals surface area contributed by atoms with Gasteiger partial charge in [-0.2, -0.15) is 0 Å². The van der Waals surface area contributed by atoms with Crippen molar-refractivity contribution < 1.29 is 13.2 Å². The zero-order chi connectivity index (χ0) is 14.5. The molecule has 0 atom stereocenters. The number of hydrogen-bond acceptors (Lipinski definition) is 3. The molecular formula is C14H21NO3S. The number of unbranched alkanes of at least 4 members (excludes halogenated alkanes) is 2. The van der Waals surface area contributed by atoms with E-state index in [1.165, 1.54) is 12.1 Å². The number of aryl methyl sites for hydroxylation is 1. The lowest BCUT2D eigenvalue weighted by atomic mass is 10.1. The molecule has 1 N–H and O–H groups in total. The van der Waals surface area contributed by atoms with Crippen molar-refractivity contribution in [2.24, 2.45) is 0 Å². The molecule has 0 saturated carbocycles. The van der Waals surface area contributed by atoms with E-state index >= 15 is 0 Å². The van der Waals surface area contributed by atoms with Crippen LogP contribution in [0.2, 0.25) is 0 Å². The van der Waals surface area contributed by atoms with E-state index in [-0.39, 0.29) is 10.8 Å². The van der Waals surface area contributed by atoms with E-state index in [1.54, 1.807) is 13.0 Å². The van der Waals surface area contributed by atoms with Gasteiger partial charge in [0.25, 0.3) is 5.91 Å². The smallest absolute Gasteiger partial charge is 0.251 e. The van der Waals surface area contributed by atoms with Crippen molar-refractivity contribution in [2.45, 2.75) is 38.0 Å². The monoisotopic (exact) mass is 283 g/mol. The van der Waals surface area contributed by atoms with Gasteiger partial charge in [0.1, 0.15) is 0 Å². The summed E-state index contributed by atoms with van der Waals surface area (Å²) < 4.78 is 23.0. The van der Waals surface area contributed by atoms with Gasteiger partial charge in [0.2, 0.25) is 0 Å². The lowest BCUT2D eigenvalue weighted by Gasteiger charge is -2.09. The molecule has 0 bridgehead atoms.